The van der Waals surface area contributed by atoms with E-state index in [1.54, 1.807) is 18.3 Å². The number of rotatable bonds is 6. The minimum Gasteiger partial charge on any atom is -0.471 e. The molecular formula is C19H19N3O4S. The van der Waals surface area contributed by atoms with Crippen molar-refractivity contribution in [3.05, 3.63) is 77.6 Å². The summed E-state index contributed by atoms with van der Waals surface area (Å²) in [7, 11) is -3.95. The summed E-state index contributed by atoms with van der Waals surface area (Å²) in [5.41, 5.74) is 2.03. The predicted molar refractivity (Wildman–Crippen MR) is 99.9 cm³/mol. The zero-order valence-corrected chi connectivity index (χ0v) is 15.7. The molecule has 0 fully saturated rings. The van der Waals surface area contributed by atoms with Gasteiger partial charge in [0.05, 0.1) is 4.90 Å². The van der Waals surface area contributed by atoms with Crippen LogP contribution in [0.4, 0.5) is 0 Å². The Morgan fingerprint density at radius 1 is 1.00 bits per heavy atom. The van der Waals surface area contributed by atoms with Crippen LogP contribution in [0.25, 0.3) is 0 Å². The van der Waals surface area contributed by atoms with E-state index < -0.39 is 15.9 Å². The molecule has 3 rings (SSSR count). The van der Waals surface area contributed by atoms with E-state index in [1.807, 2.05) is 42.8 Å². The molecule has 3 aromatic rings. The van der Waals surface area contributed by atoms with Crippen LogP contribution >= 0.6 is 0 Å². The first-order valence-corrected chi connectivity index (χ1v) is 9.68. The Morgan fingerprint density at radius 2 is 1.59 bits per heavy atom. The topological polar surface area (TPSA) is 90.3 Å². The minimum atomic E-state index is -3.95. The van der Waals surface area contributed by atoms with Gasteiger partial charge in [-0.1, -0.05) is 35.4 Å². The van der Waals surface area contributed by atoms with E-state index in [-0.39, 0.29) is 17.3 Å². The van der Waals surface area contributed by atoms with Crippen molar-refractivity contribution in [2.75, 3.05) is 0 Å². The standard InChI is InChI=1S/C19H19N3O4S/c1-14-3-7-16(8-4-14)26-13-22-12-11-18(20-22)19(23)21-27(24,25)17-9-5-15(2)6-10-17/h3-12H,13H2,1-2H3,(H,21,23). The third-order valence-corrected chi connectivity index (χ3v) is 5.16. The van der Waals surface area contributed by atoms with Crippen molar-refractivity contribution in [3.8, 4) is 5.75 Å². The van der Waals surface area contributed by atoms with Gasteiger partial charge in [0.1, 0.15) is 5.75 Å². The molecule has 0 aliphatic rings. The van der Waals surface area contributed by atoms with Gasteiger partial charge in [-0.3, -0.25) is 4.79 Å². The fourth-order valence-corrected chi connectivity index (χ4v) is 3.24. The molecule has 1 heterocycles. The SMILES string of the molecule is Cc1ccc(OCn2ccc(C(=O)NS(=O)(=O)c3ccc(C)cc3)n2)cc1. The van der Waals surface area contributed by atoms with Crippen molar-refractivity contribution >= 4 is 15.9 Å². The molecule has 0 bridgehead atoms. The molecule has 7 nitrogen and oxygen atoms in total. The number of carbonyl (C=O) groups is 1. The summed E-state index contributed by atoms with van der Waals surface area (Å²) in [5.74, 6) is -0.131. The highest BCUT2D eigenvalue weighted by Gasteiger charge is 2.20. The summed E-state index contributed by atoms with van der Waals surface area (Å²) in [5, 5.41) is 4.05. The van der Waals surface area contributed by atoms with Crippen molar-refractivity contribution in [2.45, 2.75) is 25.5 Å². The summed E-state index contributed by atoms with van der Waals surface area (Å²) >= 11 is 0. The Bertz CT molecular complexity index is 1040. The van der Waals surface area contributed by atoms with Crippen LogP contribution in [-0.4, -0.2) is 24.1 Å². The molecule has 0 aliphatic carbocycles. The summed E-state index contributed by atoms with van der Waals surface area (Å²) in [6, 6.07) is 15.2. The van der Waals surface area contributed by atoms with Gasteiger partial charge in [-0.2, -0.15) is 5.10 Å². The van der Waals surface area contributed by atoms with Crippen LogP contribution in [0, 0.1) is 13.8 Å². The normalized spacial score (nSPS) is 11.2. The molecule has 0 aliphatic heterocycles. The molecule has 140 valence electrons. The molecule has 0 atom stereocenters. The first-order chi connectivity index (χ1) is 12.8. The number of nitrogens with zero attached hydrogens (tertiary/aromatic N) is 2. The van der Waals surface area contributed by atoms with Crippen LogP contribution in [0.15, 0.2) is 65.7 Å². The van der Waals surface area contributed by atoms with Gasteiger partial charge < -0.3 is 4.74 Å². The number of hydrogen-bond acceptors (Lipinski definition) is 5. The lowest BCUT2D eigenvalue weighted by Gasteiger charge is -2.07. The van der Waals surface area contributed by atoms with Crippen LogP contribution in [0.5, 0.6) is 5.75 Å². The fraction of sp³-hybridized carbons (Fsp3) is 0.158. The second-order valence-electron chi connectivity index (χ2n) is 6.07. The highest BCUT2D eigenvalue weighted by atomic mass is 32.2. The zero-order valence-electron chi connectivity index (χ0n) is 14.9. The molecule has 1 N–H and O–H groups in total. The second-order valence-corrected chi connectivity index (χ2v) is 7.76. The number of aromatic nitrogens is 2. The van der Waals surface area contributed by atoms with E-state index in [1.165, 1.54) is 22.9 Å². The molecule has 0 radical (unpaired) electrons. The lowest BCUT2D eigenvalue weighted by molar-refractivity contribution is 0.0974. The summed E-state index contributed by atoms with van der Waals surface area (Å²) in [6.07, 6.45) is 1.54. The Balaban J connectivity index is 1.64. The Hall–Kier alpha value is -3.13. The van der Waals surface area contributed by atoms with Gasteiger partial charge >= 0.3 is 0 Å². The summed E-state index contributed by atoms with van der Waals surface area (Å²) in [6.45, 7) is 3.92. The number of sulfonamides is 1. The lowest BCUT2D eigenvalue weighted by atomic mass is 10.2. The highest BCUT2D eigenvalue weighted by Crippen LogP contribution is 2.13. The van der Waals surface area contributed by atoms with Gasteiger partial charge in [0.25, 0.3) is 15.9 Å². The van der Waals surface area contributed by atoms with Crippen molar-refractivity contribution in [1.82, 2.24) is 14.5 Å². The molecule has 0 spiro atoms. The van der Waals surface area contributed by atoms with Crippen LogP contribution in [0.2, 0.25) is 0 Å². The van der Waals surface area contributed by atoms with E-state index in [0.717, 1.165) is 11.1 Å². The van der Waals surface area contributed by atoms with Crippen molar-refractivity contribution in [2.24, 2.45) is 0 Å². The molecule has 8 heteroatoms. The summed E-state index contributed by atoms with van der Waals surface area (Å²) < 4.78 is 33.6. The number of benzene rings is 2. The molecule has 1 aromatic heterocycles. The Labute approximate surface area is 157 Å². The largest absolute Gasteiger partial charge is 0.471 e. The monoisotopic (exact) mass is 385 g/mol. The van der Waals surface area contributed by atoms with Gasteiger partial charge in [0, 0.05) is 6.20 Å². The first-order valence-electron chi connectivity index (χ1n) is 8.20. The molecule has 0 saturated carbocycles. The molecule has 1 amide bonds. The van der Waals surface area contributed by atoms with E-state index in [2.05, 4.69) is 5.10 Å². The number of hydrogen-bond donors (Lipinski definition) is 1. The molecule has 0 unspecified atom stereocenters. The zero-order chi connectivity index (χ0) is 19.4. The lowest BCUT2D eigenvalue weighted by Crippen LogP contribution is -2.31. The second kappa shape index (κ2) is 7.63. The average molecular weight is 385 g/mol. The number of aryl methyl sites for hydroxylation is 2. The van der Waals surface area contributed by atoms with E-state index in [4.69, 9.17) is 4.74 Å². The number of amides is 1. The number of ether oxygens (including phenoxy) is 1. The average Bonchev–Trinajstić information content (AvgIpc) is 3.10. The van der Waals surface area contributed by atoms with E-state index in [9.17, 15) is 13.2 Å². The predicted octanol–water partition coefficient (Wildman–Crippen LogP) is 2.66. The van der Waals surface area contributed by atoms with E-state index in [0.29, 0.717) is 5.75 Å². The smallest absolute Gasteiger partial charge is 0.285 e. The van der Waals surface area contributed by atoms with Gasteiger partial charge in [0.2, 0.25) is 0 Å². The van der Waals surface area contributed by atoms with Crippen LogP contribution < -0.4 is 9.46 Å². The molecule has 2 aromatic carbocycles. The third-order valence-electron chi connectivity index (χ3n) is 3.82. The van der Waals surface area contributed by atoms with Crippen molar-refractivity contribution < 1.29 is 17.9 Å². The third kappa shape index (κ3) is 4.73. The van der Waals surface area contributed by atoms with Crippen LogP contribution in [0.3, 0.4) is 0 Å². The van der Waals surface area contributed by atoms with Crippen LogP contribution in [-0.2, 0) is 16.8 Å². The first kappa shape index (κ1) is 18.7. The van der Waals surface area contributed by atoms with Gasteiger partial charge in [0.15, 0.2) is 12.4 Å². The minimum absolute atomic E-state index is 0.0156. The van der Waals surface area contributed by atoms with Crippen LogP contribution in [0.1, 0.15) is 21.6 Å². The maximum Gasteiger partial charge on any atom is 0.285 e. The molecule has 0 saturated heterocycles. The van der Waals surface area contributed by atoms with E-state index >= 15 is 0 Å². The molecular weight excluding hydrogens is 366 g/mol. The number of nitrogens with one attached hydrogen (secondary N) is 1. The molecule has 27 heavy (non-hydrogen) atoms. The number of carbonyl (C=O) groups excluding carboxylic acids is 1. The highest BCUT2D eigenvalue weighted by molar-refractivity contribution is 7.90. The Morgan fingerprint density at radius 3 is 2.22 bits per heavy atom. The quantitative estimate of drug-likeness (QED) is 0.704. The fourth-order valence-electron chi connectivity index (χ4n) is 2.28. The maximum absolute atomic E-state index is 12.3. The van der Waals surface area contributed by atoms with Gasteiger partial charge in [-0.15, -0.1) is 0 Å². The summed E-state index contributed by atoms with van der Waals surface area (Å²) in [4.78, 5) is 12.2. The maximum atomic E-state index is 12.3. The van der Waals surface area contributed by atoms with Crippen molar-refractivity contribution in [3.63, 3.8) is 0 Å². The van der Waals surface area contributed by atoms with Gasteiger partial charge in [-0.25, -0.2) is 17.8 Å². The Kier molecular flexibility index (Phi) is 5.27. The van der Waals surface area contributed by atoms with Gasteiger partial charge in [-0.05, 0) is 44.2 Å². The van der Waals surface area contributed by atoms with Crippen molar-refractivity contribution in [1.29, 1.82) is 0 Å².